The van der Waals surface area contributed by atoms with Gasteiger partial charge in [-0.3, -0.25) is 19.3 Å². The van der Waals surface area contributed by atoms with E-state index in [1.807, 2.05) is 11.0 Å². The number of unbranched alkanes of at least 4 members (excludes halogenated alkanes) is 3. The minimum absolute atomic E-state index is 0.115. The van der Waals surface area contributed by atoms with Gasteiger partial charge in [-0.05, 0) is 48.9 Å². The van der Waals surface area contributed by atoms with Gasteiger partial charge in [0.25, 0.3) is 0 Å². The van der Waals surface area contributed by atoms with Crippen molar-refractivity contribution in [3.8, 4) is 0 Å². The van der Waals surface area contributed by atoms with Crippen molar-refractivity contribution in [2.45, 2.75) is 78.8 Å². The van der Waals surface area contributed by atoms with Crippen LogP contribution in [0.4, 0.5) is 11.8 Å². The Morgan fingerprint density at radius 2 is 1.78 bits per heavy atom. The summed E-state index contributed by atoms with van der Waals surface area (Å²) in [5.74, 6) is -0.600. The Morgan fingerprint density at radius 3 is 2.51 bits per heavy atom. The van der Waals surface area contributed by atoms with Gasteiger partial charge in [-0.25, -0.2) is 4.98 Å². The van der Waals surface area contributed by atoms with Gasteiger partial charge >= 0.3 is 5.97 Å². The number of hydrogen-bond donors (Lipinski definition) is 4. The molecule has 1 fully saturated rings. The van der Waals surface area contributed by atoms with Crippen LogP contribution in [0.5, 0.6) is 0 Å². The number of carboxylic acid groups (broad SMARTS) is 1. The predicted molar refractivity (Wildman–Crippen MR) is 191 cm³/mol. The molecule has 49 heavy (non-hydrogen) atoms. The molecule has 5 N–H and O–H groups in total. The standard InChI is InChI=1S/C36H54N8O5/c1-4-5-6-13-38-34-33-30(40-36(37)41-34)11-15-44(33)25-29-10-9-28(22-26(29)2)24-42-16-18-43(19-17-42)31(45)12-21-49-20-8-7-14-39-35(48)27(3)23-32(46)47/h9-11,15,22,27H,4-8,12-14,16-21,23-25H2,1-3H3,(H,39,48)(H,46,47)(H3,37,38,40,41). The molecule has 0 bridgehead atoms. The molecule has 0 saturated carbocycles. The summed E-state index contributed by atoms with van der Waals surface area (Å²) in [5.41, 5.74) is 11.5. The highest BCUT2D eigenvalue weighted by Crippen LogP contribution is 2.25. The van der Waals surface area contributed by atoms with Crippen molar-refractivity contribution in [2.75, 3.05) is 63.5 Å². The van der Waals surface area contributed by atoms with Crippen LogP contribution in [0.15, 0.2) is 30.5 Å². The van der Waals surface area contributed by atoms with E-state index in [0.717, 1.165) is 68.7 Å². The molecule has 13 nitrogen and oxygen atoms in total. The monoisotopic (exact) mass is 678 g/mol. The zero-order valence-electron chi connectivity index (χ0n) is 29.4. The van der Waals surface area contributed by atoms with E-state index in [1.54, 1.807) is 6.92 Å². The van der Waals surface area contributed by atoms with E-state index < -0.39 is 11.9 Å². The zero-order valence-corrected chi connectivity index (χ0v) is 29.4. The number of nitrogens with zero attached hydrogens (tertiary/aromatic N) is 5. The molecule has 0 spiro atoms. The number of nitrogen functional groups attached to an aromatic ring is 1. The fraction of sp³-hybridized carbons (Fsp3) is 0.583. The quantitative estimate of drug-likeness (QED) is 0.128. The Hall–Kier alpha value is -4.23. The first-order valence-electron chi connectivity index (χ1n) is 17.7. The first kappa shape index (κ1) is 37.6. The number of ether oxygens (including phenoxy) is 1. The lowest BCUT2D eigenvalue weighted by atomic mass is 10.0. The molecule has 1 aliphatic rings. The van der Waals surface area contributed by atoms with Crippen LogP contribution >= 0.6 is 0 Å². The van der Waals surface area contributed by atoms with E-state index >= 15 is 0 Å². The second kappa shape index (κ2) is 19.1. The lowest BCUT2D eigenvalue weighted by Gasteiger charge is -2.35. The smallest absolute Gasteiger partial charge is 0.304 e. The lowest BCUT2D eigenvalue weighted by molar-refractivity contribution is -0.140. The Morgan fingerprint density at radius 1 is 1.00 bits per heavy atom. The molecule has 4 rings (SSSR count). The van der Waals surface area contributed by atoms with Gasteiger partial charge in [0, 0.05) is 71.1 Å². The lowest BCUT2D eigenvalue weighted by Crippen LogP contribution is -2.48. The summed E-state index contributed by atoms with van der Waals surface area (Å²) >= 11 is 0. The van der Waals surface area contributed by atoms with Crippen LogP contribution in [-0.4, -0.2) is 99.7 Å². The molecule has 3 aromatic rings. The highest BCUT2D eigenvalue weighted by molar-refractivity contribution is 5.87. The summed E-state index contributed by atoms with van der Waals surface area (Å²) in [6, 6.07) is 8.67. The number of aromatic nitrogens is 3. The Balaban J connectivity index is 1.15. The average Bonchev–Trinajstić information content (AvgIpc) is 3.47. The molecular formula is C36H54N8O5. The number of amides is 2. The number of benzene rings is 1. The second-order valence-corrected chi connectivity index (χ2v) is 13.0. The minimum Gasteiger partial charge on any atom is -0.481 e. The maximum absolute atomic E-state index is 12.7. The second-order valence-electron chi connectivity index (χ2n) is 13.0. The van der Waals surface area contributed by atoms with Crippen LogP contribution in [0.2, 0.25) is 0 Å². The van der Waals surface area contributed by atoms with Crippen LogP contribution in [-0.2, 0) is 32.2 Å². The van der Waals surface area contributed by atoms with Gasteiger partial charge in [0.2, 0.25) is 17.8 Å². The zero-order chi connectivity index (χ0) is 35.2. The summed E-state index contributed by atoms with van der Waals surface area (Å²) in [5, 5.41) is 15.0. The van der Waals surface area contributed by atoms with E-state index in [1.165, 1.54) is 23.1 Å². The van der Waals surface area contributed by atoms with Gasteiger partial charge in [-0.2, -0.15) is 4.98 Å². The number of anilines is 2. The van der Waals surface area contributed by atoms with Crippen molar-refractivity contribution in [1.82, 2.24) is 29.7 Å². The van der Waals surface area contributed by atoms with Gasteiger partial charge in [0.15, 0.2) is 5.82 Å². The first-order valence-corrected chi connectivity index (χ1v) is 17.7. The van der Waals surface area contributed by atoms with Gasteiger partial charge < -0.3 is 35.7 Å². The van der Waals surface area contributed by atoms with Crippen LogP contribution in [0.25, 0.3) is 11.0 Å². The number of nitrogens with one attached hydrogen (secondary N) is 2. The maximum atomic E-state index is 12.7. The normalized spacial score (nSPS) is 14.2. The average molecular weight is 679 g/mol. The molecule has 2 amide bonds. The number of nitrogens with two attached hydrogens (primary N) is 1. The van der Waals surface area contributed by atoms with Gasteiger partial charge in [0.1, 0.15) is 5.52 Å². The molecule has 1 aliphatic heterocycles. The fourth-order valence-electron chi connectivity index (χ4n) is 6.08. The topological polar surface area (TPSA) is 168 Å². The summed E-state index contributed by atoms with van der Waals surface area (Å²) in [7, 11) is 0. The van der Waals surface area contributed by atoms with Crippen molar-refractivity contribution in [2.24, 2.45) is 5.92 Å². The molecule has 0 radical (unpaired) electrons. The molecule has 13 heteroatoms. The Labute approximate surface area is 289 Å². The number of carbonyl (C=O) groups excluding carboxylic acids is 2. The fourth-order valence-corrected chi connectivity index (χ4v) is 6.08. The van der Waals surface area contributed by atoms with Gasteiger partial charge in [-0.15, -0.1) is 0 Å². The molecular weight excluding hydrogens is 624 g/mol. The summed E-state index contributed by atoms with van der Waals surface area (Å²) in [6.45, 7) is 12.8. The van der Waals surface area contributed by atoms with E-state index in [4.69, 9.17) is 15.6 Å². The van der Waals surface area contributed by atoms with Gasteiger partial charge in [-0.1, -0.05) is 44.9 Å². The molecule has 3 heterocycles. The number of carbonyl (C=O) groups is 3. The third-order valence-electron chi connectivity index (χ3n) is 8.98. The highest BCUT2D eigenvalue weighted by Gasteiger charge is 2.21. The maximum Gasteiger partial charge on any atom is 0.304 e. The van der Waals surface area contributed by atoms with Crippen molar-refractivity contribution in [1.29, 1.82) is 0 Å². The molecule has 1 atom stereocenters. The first-order chi connectivity index (χ1) is 23.6. The highest BCUT2D eigenvalue weighted by atomic mass is 16.5. The number of piperazine rings is 1. The SMILES string of the molecule is CCCCCNc1nc(N)nc2ccn(Cc3ccc(CN4CCN(C(=O)CCOCCCCNC(=O)C(C)CC(=O)O)CC4)cc3C)c12. The van der Waals surface area contributed by atoms with Gasteiger partial charge in [0.05, 0.1) is 25.0 Å². The van der Waals surface area contributed by atoms with Crippen molar-refractivity contribution < 1.29 is 24.2 Å². The summed E-state index contributed by atoms with van der Waals surface area (Å²) in [4.78, 5) is 48.6. The number of aliphatic carboxylic acids is 1. The number of aryl methyl sites for hydroxylation is 1. The van der Waals surface area contributed by atoms with E-state index in [2.05, 4.69) is 68.3 Å². The molecule has 1 aromatic carbocycles. The summed E-state index contributed by atoms with van der Waals surface area (Å²) < 4.78 is 7.84. The van der Waals surface area contributed by atoms with Crippen LogP contribution in [0.3, 0.4) is 0 Å². The molecule has 268 valence electrons. The van der Waals surface area contributed by atoms with Crippen molar-refractivity contribution >= 4 is 40.6 Å². The molecule has 2 aromatic heterocycles. The summed E-state index contributed by atoms with van der Waals surface area (Å²) in [6.07, 6.45) is 7.13. The van der Waals surface area contributed by atoms with Crippen LogP contribution < -0.4 is 16.4 Å². The molecule has 1 unspecified atom stereocenters. The van der Waals surface area contributed by atoms with Crippen LogP contribution in [0.1, 0.15) is 75.5 Å². The minimum atomic E-state index is -0.980. The number of rotatable bonds is 20. The Kier molecular flexibility index (Phi) is 14.6. The number of hydrogen-bond acceptors (Lipinski definition) is 9. The number of fused-ring (bicyclic) bond motifs is 1. The van der Waals surface area contributed by atoms with E-state index in [-0.39, 0.29) is 24.2 Å². The third kappa shape index (κ3) is 11.7. The molecule has 0 aliphatic carbocycles. The van der Waals surface area contributed by atoms with E-state index in [9.17, 15) is 14.4 Å². The van der Waals surface area contributed by atoms with E-state index in [0.29, 0.717) is 45.8 Å². The number of carboxylic acids is 1. The van der Waals surface area contributed by atoms with Crippen molar-refractivity contribution in [3.63, 3.8) is 0 Å². The predicted octanol–water partition coefficient (Wildman–Crippen LogP) is 4.03. The van der Waals surface area contributed by atoms with Crippen molar-refractivity contribution in [3.05, 3.63) is 47.2 Å². The largest absolute Gasteiger partial charge is 0.481 e. The Bertz CT molecular complexity index is 1540. The van der Waals surface area contributed by atoms with Crippen LogP contribution in [0, 0.1) is 12.8 Å². The third-order valence-corrected chi connectivity index (χ3v) is 8.98. The molecule has 1 saturated heterocycles.